The van der Waals surface area contributed by atoms with E-state index in [9.17, 15) is 24.4 Å². The Balaban J connectivity index is 0.000000380. The largest absolute Gasteiger partial charge is 0.353 e. The molecule has 4 amide bonds. The van der Waals surface area contributed by atoms with Gasteiger partial charge < -0.3 is 4.90 Å². The Labute approximate surface area is 302 Å². The predicted molar refractivity (Wildman–Crippen MR) is 195 cm³/mol. The van der Waals surface area contributed by atoms with E-state index in [2.05, 4.69) is 64.5 Å². The highest BCUT2D eigenvalue weighted by molar-refractivity contribution is 9.09. The molecule has 0 aromatic carbocycles. The summed E-state index contributed by atoms with van der Waals surface area (Å²) >= 11 is 3.36. The molecule has 3 aliphatic heterocycles. The Morgan fingerprint density at radius 2 is 1.17 bits per heavy atom. The topological polar surface area (TPSA) is 118 Å². The van der Waals surface area contributed by atoms with Crippen molar-refractivity contribution >= 4 is 57.8 Å². The number of likely N-dealkylation sites (tertiary alicyclic amines) is 2. The van der Waals surface area contributed by atoms with Crippen molar-refractivity contribution in [3.05, 3.63) is 23.9 Å². The van der Waals surface area contributed by atoms with Crippen LogP contribution >= 0.6 is 28.3 Å². The van der Waals surface area contributed by atoms with Gasteiger partial charge in [-0.15, -0.1) is 12.4 Å². The number of piperidine rings is 2. The second kappa shape index (κ2) is 20.2. The third-order valence-electron chi connectivity index (χ3n) is 10.8. The third kappa shape index (κ3) is 11.0. The van der Waals surface area contributed by atoms with Crippen molar-refractivity contribution < 1.29 is 19.2 Å². The maximum absolute atomic E-state index is 12.5. The fraction of sp³-hybridized carbons (Fsp3) is 0.722. The molecule has 0 unspecified atom stereocenters. The van der Waals surface area contributed by atoms with Gasteiger partial charge in [-0.05, 0) is 80.9 Å². The Kier molecular flexibility index (Phi) is 17.5. The molecule has 0 spiro atoms. The number of anilines is 1. The van der Waals surface area contributed by atoms with Gasteiger partial charge in [0, 0.05) is 76.5 Å². The molecule has 0 bridgehead atoms. The quantitative estimate of drug-likeness (QED) is 0.123. The van der Waals surface area contributed by atoms with E-state index in [0.29, 0.717) is 44.3 Å². The van der Waals surface area contributed by atoms with Crippen LogP contribution in [-0.4, -0.2) is 94.5 Å². The van der Waals surface area contributed by atoms with Crippen molar-refractivity contribution in [1.29, 1.82) is 5.26 Å². The molecule has 4 rings (SSSR count). The van der Waals surface area contributed by atoms with Crippen molar-refractivity contribution in [3.8, 4) is 6.07 Å². The fourth-order valence-electron chi connectivity index (χ4n) is 6.96. The molecule has 10 nitrogen and oxygen atoms in total. The number of hydrogen-bond donors (Lipinski definition) is 0. The first-order valence-corrected chi connectivity index (χ1v) is 18.8. The van der Waals surface area contributed by atoms with Gasteiger partial charge in [0.2, 0.25) is 23.6 Å². The highest BCUT2D eigenvalue weighted by Gasteiger charge is 2.42. The molecule has 3 aliphatic rings. The van der Waals surface area contributed by atoms with Crippen LogP contribution in [0.5, 0.6) is 0 Å². The molecular formula is C36H56BrClN6O4. The lowest BCUT2D eigenvalue weighted by Crippen LogP contribution is -2.48. The number of alkyl halides is 1. The number of carbonyl (C=O) groups is 4. The molecule has 268 valence electrons. The summed E-state index contributed by atoms with van der Waals surface area (Å²) in [5, 5.41) is 10.2. The van der Waals surface area contributed by atoms with Crippen LogP contribution in [0, 0.1) is 22.2 Å². The van der Waals surface area contributed by atoms with Crippen molar-refractivity contribution in [2.24, 2.45) is 10.8 Å². The normalized spacial score (nSPS) is 19.4. The molecule has 4 heterocycles. The zero-order valence-electron chi connectivity index (χ0n) is 29.5. The average Bonchev–Trinajstić information content (AvgIpc) is 3.09. The summed E-state index contributed by atoms with van der Waals surface area (Å²) < 4.78 is 0. The van der Waals surface area contributed by atoms with Crippen LogP contribution in [0.25, 0.3) is 0 Å². The van der Waals surface area contributed by atoms with E-state index in [-0.39, 0.29) is 46.9 Å². The number of carbonyl (C=O) groups excluding carboxylic acids is 4. The lowest BCUT2D eigenvalue weighted by atomic mass is 9.73. The molecular weight excluding hydrogens is 696 g/mol. The van der Waals surface area contributed by atoms with E-state index >= 15 is 0 Å². The molecule has 1 aromatic rings. The lowest BCUT2D eigenvalue weighted by Gasteiger charge is -2.39. The molecule has 3 fully saturated rings. The van der Waals surface area contributed by atoms with Gasteiger partial charge in [0.05, 0.1) is 5.56 Å². The van der Waals surface area contributed by atoms with E-state index in [0.717, 1.165) is 95.2 Å². The average molecular weight is 752 g/mol. The van der Waals surface area contributed by atoms with Gasteiger partial charge in [0.25, 0.3) is 0 Å². The number of piperazine rings is 1. The van der Waals surface area contributed by atoms with Gasteiger partial charge in [-0.3, -0.25) is 33.9 Å². The fourth-order valence-corrected chi connectivity index (χ4v) is 7.35. The van der Waals surface area contributed by atoms with E-state index in [1.807, 2.05) is 6.07 Å². The van der Waals surface area contributed by atoms with Gasteiger partial charge in [-0.25, -0.2) is 4.98 Å². The Hall–Kier alpha value is -2.55. The number of halogens is 2. The van der Waals surface area contributed by atoms with E-state index < -0.39 is 0 Å². The molecule has 0 atom stereocenters. The number of nitriles is 1. The maximum Gasteiger partial charge on any atom is 0.229 e. The summed E-state index contributed by atoms with van der Waals surface area (Å²) in [6, 6.07) is 5.82. The lowest BCUT2D eigenvalue weighted by molar-refractivity contribution is -0.155. The summed E-state index contributed by atoms with van der Waals surface area (Å²) in [5.41, 5.74) is 0.431. The minimum atomic E-state index is -0.122. The molecule has 0 N–H and O–H groups in total. The van der Waals surface area contributed by atoms with Gasteiger partial charge >= 0.3 is 0 Å². The summed E-state index contributed by atoms with van der Waals surface area (Å²) in [7, 11) is 0. The summed E-state index contributed by atoms with van der Waals surface area (Å²) in [6.07, 6.45) is 11.1. The molecule has 48 heavy (non-hydrogen) atoms. The number of nitrogens with zero attached hydrogens (tertiary/aromatic N) is 6. The van der Waals surface area contributed by atoms with E-state index in [1.165, 1.54) is 9.80 Å². The summed E-state index contributed by atoms with van der Waals surface area (Å²) in [5.74, 6) is 0.843. The first-order valence-electron chi connectivity index (χ1n) is 17.6. The number of imide groups is 2. The number of pyridine rings is 1. The zero-order valence-corrected chi connectivity index (χ0v) is 31.9. The molecule has 1 aromatic heterocycles. The van der Waals surface area contributed by atoms with Gasteiger partial charge in [0.1, 0.15) is 11.9 Å². The number of aromatic nitrogens is 1. The highest BCUT2D eigenvalue weighted by atomic mass is 79.9. The summed E-state index contributed by atoms with van der Waals surface area (Å²) in [6.45, 7) is 14.0. The standard InChI is InChI=1S/C23H33N5O2.C13H22BrNO2.ClH/c1-3-23(4-2)16-20(29)28(21(30)17-23)11-6-5-10-26-12-14-27(15-13-26)22-19(18-24)8-7-9-25-22;1-3-13(4-2)9-11(16)15(12(17)10-13)8-6-5-7-14;/h7-9H,3-6,10-17H2,1-2H3;3-10H2,1-2H3;1H. The molecule has 0 saturated carbocycles. The van der Waals surface area contributed by atoms with Crippen molar-refractivity contribution in [3.63, 3.8) is 0 Å². The first kappa shape index (κ1) is 41.6. The highest BCUT2D eigenvalue weighted by Crippen LogP contribution is 2.40. The number of unbranched alkanes of at least 4 members (excludes halogenated alkanes) is 2. The summed E-state index contributed by atoms with van der Waals surface area (Å²) in [4.78, 5) is 61.0. The van der Waals surface area contributed by atoms with Crippen LogP contribution in [0.1, 0.15) is 110 Å². The third-order valence-corrected chi connectivity index (χ3v) is 11.3. The van der Waals surface area contributed by atoms with Crippen molar-refractivity contribution in [2.75, 3.05) is 56.0 Å². The van der Waals surface area contributed by atoms with E-state index in [1.54, 1.807) is 12.3 Å². The second-order valence-corrected chi connectivity index (χ2v) is 14.2. The first-order chi connectivity index (χ1) is 22.6. The SMILES string of the molecule is CCC1(CC)CC(=O)N(CCCCBr)C(=O)C1.CCC1(CC)CC(=O)N(CCCCN2CCN(c3ncccc3C#N)CC2)C(=O)C1.Cl. The van der Waals surface area contributed by atoms with Gasteiger partial charge in [0.15, 0.2) is 0 Å². The molecule has 0 aliphatic carbocycles. The van der Waals surface area contributed by atoms with Crippen LogP contribution in [0.15, 0.2) is 18.3 Å². The van der Waals surface area contributed by atoms with E-state index in [4.69, 9.17) is 0 Å². The molecule has 12 heteroatoms. The van der Waals surface area contributed by atoms with Crippen LogP contribution in [0.3, 0.4) is 0 Å². The minimum Gasteiger partial charge on any atom is -0.353 e. The number of amides is 4. The maximum atomic E-state index is 12.5. The predicted octanol–water partition coefficient (Wildman–Crippen LogP) is 6.35. The number of hydrogen-bond acceptors (Lipinski definition) is 8. The Morgan fingerprint density at radius 1 is 0.729 bits per heavy atom. The smallest absolute Gasteiger partial charge is 0.229 e. The molecule has 0 radical (unpaired) electrons. The number of rotatable bonds is 14. The Bertz CT molecular complexity index is 1220. The second-order valence-electron chi connectivity index (χ2n) is 13.4. The van der Waals surface area contributed by atoms with Gasteiger partial charge in [-0.1, -0.05) is 43.6 Å². The van der Waals surface area contributed by atoms with Crippen molar-refractivity contribution in [2.45, 2.75) is 105 Å². The monoisotopic (exact) mass is 750 g/mol. The van der Waals surface area contributed by atoms with Crippen LogP contribution < -0.4 is 4.90 Å². The van der Waals surface area contributed by atoms with Crippen LogP contribution in [0.4, 0.5) is 5.82 Å². The van der Waals surface area contributed by atoms with Crippen molar-refractivity contribution in [1.82, 2.24) is 19.7 Å². The molecule has 3 saturated heterocycles. The van der Waals surface area contributed by atoms with Crippen LogP contribution in [-0.2, 0) is 19.2 Å². The Morgan fingerprint density at radius 3 is 1.58 bits per heavy atom. The van der Waals surface area contributed by atoms with Crippen LogP contribution in [0.2, 0.25) is 0 Å². The minimum absolute atomic E-state index is 0. The van der Waals surface area contributed by atoms with Gasteiger partial charge in [-0.2, -0.15) is 5.26 Å². The zero-order chi connectivity index (χ0) is 34.5.